The molecule has 1 atom stereocenters. The van der Waals surface area contributed by atoms with Crippen LogP contribution in [0.1, 0.15) is 31.9 Å². The van der Waals surface area contributed by atoms with Gasteiger partial charge in [0.05, 0.1) is 18.2 Å². The maximum absolute atomic E-state index is 6.15. The van der Waals surface area contributed by atoms with E-state index in [-0.39, 0.29) is 6.04 Å². The van der Waals surface area contributed by atoms with Crippen molar-refractivity contribution < 1.29 is 4.74 Å². The number of thiocarbonyl (C=S) groups is 1. The minimum Gasteiger partial charge on any atom is -0.495 e. The average molecular weight is 363 g/mol. The van der Waals surface area contributed by atoms with E-state index in [9.17, 15) is 0 Å². The van der Waals surface area contributed by atoms with Crippen molar-refractivity contribution >= 4 is 34.6 Å². The molecule has 5 heteroatoms. The lowest BCUT2D eigenvalue weighted by Crippen LogP contribution is -2.33. The Bertz CT molecular complexity index is 676. The standard InChI is InChI=1S/C19H23ClN2OS/c1-13(2)11-17(14-7-5-4-6-8-14)22-19(24)21-15-9-10-18(23-3)16(20)12-15/h4-10,12-13,17H,11H2,1-3H3,(H2,21,22,24)/t17-/m1/s1. The summed E-state index contributed by atoms with van der Waals surface area (Å²) in [4.78, 5) is 0. The first-order chi connectivity index (χ1) is 11.5. The first kappa shape index (κ1) is 18.6. The zero-order chi connectivity index (χ0) is 17.5. The largest absolute Gasteiger partial charge is 0.495 e. The van der Waals surface area contributed by atoms with Crippen LogP contribution in [0.3, 0.4) is 0 Å². The molecule has 3 nitrogen and oxygen atoms in total. The van der Waals surface area contributed by atoms with E-state index in [2.05, 4.69) is 36.6 Å². The number of hydrogen-bond donors (Lipinski definition) is 2. The Morgan fingerprint density at radius 3 is 2.46 bits per heavy atom. The van der Waals surface area contributed by atoms with Crippen molar-refractivity contribution in [3.63, 3.8) is 0 Å². The first-order valence-corrected chi connectivity index (χ1v) is 8.74. The molecule has 0 fully saturated rings. The average Bonchev–Trinajstić information content (AvgIpc) is 2.55. The van der Waals surface area contributed by atoms with E-state index in [0.717, 1.165) is 12.1 Å². The number of anilines is 1. The molecule has 0 saturated heterocycles. The fourth-order valence-electron chi connectivity index (χ4n) is 2.50. The van der Waals surface area contributed by atoms with Gasteiger partial charge in [0.15, 0.2) is 5.11 Å². The molecule has 0 saturated carbocycles. The molecule has 2 rings (SSSR count). The second-order valence-electron chi connectivity index (χ2n) is 6.04. The van der Waals surface area contributed by atoms with Crippen molar-refractivity contribution in [2.45, 2.75) is 26.3 Å². The van der Waals surface area contributed by atoms with Crippen LogP contribution in [0.15, 0.2) is 48.5 Å². The number of nitrogens with one attached hydrogen (secondary N) is 2. The fourth-order valence-corrected chi connectivity index (χ4v) is 3.02. The van der Waals surface area contributed by atoms with Gasteiger partial charge in [0.2, 0.25) is 0 Å². The van der Waals surface area contributed by atoms with E-state index in [1.54, 1.807) is 13.2 Å². The third kappa shape index (κ3) is 5.39. The van der Waals surface area contributed by atoms with E-state index < -0.39 is 0 Å². The third-order valence-corrected chi connectivity index (χ3v) is 4.14. The highest BCUT2D eigenvalue weighted by molar-refractivity contribution is 7.80. The fraction of sp³-hybridized carbons (Fsp3) is 0.316. The molecule has 0 spiro atoms. The van der Waals surface area contributed by atoms with Crippen LogP contribution in [0.2, 0.25) is 5.02 Å². The molecular weight excluding hydrogens is 340 g/mol. The van der Waals surface area contributed by atoms with Gasteiger partial charge in [-0.2, -0.15) is 0 Å². The van der Waals surface area contributed by atoms with Crippen molar-refractivity contribution in [3.8, 4) is 5.75 Å². The van der Waals surface area contributed by atoms with E-state index in [4.69, 9.17) is 28.6 Å². The molecular formula is C19H23ClN2OS. The lowest BCUT2D eigenvalue weighted by atomic mass is 9.97. The Labute approximate surface area is 154 Å². The van der Waals surface area contributed by atoms with Gasteiger partial charge in [-0.25, -0.2) is 0 Å². The number of halogens is 1. The normalized spacial score (nSPS) is 11.9. The predicted molar refractivity (Wildman–Crippen MR) is 106 cm³/mol. The zero-order valence-electron chi connectivity index (χ0n) is 14.2. The minimum absolute atomic E-state index is 0.167. The molecule has 2 N–H and O–H groups in total. The molecule has 0 aromatic heterocycles. The minimum atomic E-state index is 0.167. The molecule has 0 unspecified atom stereocenters. The molecule has 128 valence electrons. The molecule has 24 heavy (non-hydrogen) atoms. The molecule has 0 bridgehead atoms. The van der Waals surface area contributed by atoms with Gasteiger partial charge in [0, 0.05) is 5.69 Å². The maximum atomic E-state index is 6.15. The zero-order valence-corrected chi connectivity index (χ0v) is 15.7. The van der Waals surface area contributed by atoms with Crippen molar-refractivity contribution in [2.24, 2.45) is 5.92 Å². The van der Waals surface area contributed by atoms with Crippen molar-refractivity contribution in [1.82, 2.24) is 5.32 Å². The van der Waals surface area contributed by atoms with Gasteiger partial charge in [-0.3, -0.25) is 0 Å². The van der Waals surface area contributed by atoms with E-state index in [0.29, 0.717) is 21.8 Å². The van der Waals surface area contributed by atoms with Gasteiger partial charge in [-0.05, 0) is 48.3 Å². The number of benzene rings is 2. The van der Waals surface area contributed by atoms with Gasteiger partial charge in [0.25, 0.3) is 0 Å². The van der Waals surface area contributed by atoms with Gasteiger partial charge in [0.1, 0.15) is 5.75 Å². The summed E-state index contributed by atoms with van der Waals surface area (Å²) in [7, 11) is 1.59. The van der Waals surface area contributed by atoms with Crippen LogP contribution in [0.5, 0.6) is 5.75 Å². The lowest BCUT2D eigenvalue weighted by molar-refractivity contribution is 0.415. The smallest absolute Gasteiger partial charge is 0.171 e. The molecule has 2 aromatic rings. The Balaban J connectivity index is 2.06. The highest BCUT2D eigenvalue weighted by atomic mass is 35.5. The summed E-state index contributed by atoms with van der Waals surface area (Å²) in [5.74, 6) is 1.20. The highest BCUT2D eigenvalue weighted by Crippen LogP contribution is 2.27. The highest BCUT2D eigenvalue weighted by Gasteiger charge is 2.14. The Hall–Kier alpha value is -1.78. The van der Waals surface area contributed by atoms with E-state index in [1.165, 1.54) is 5.56 Å². The SMILES string of the molecule is COc1ccc(NC(=S)N[C@H](CC(C)C)c2ccccc2)cc1Cl. The van der Waals surface area contributed by atoms with Crippen LogP contribution in [0, 0.1) is 5.92 Å². The van der Waals surface area contributed by atoms with Crippen LogP contribution in [-0.2, 0) is 0 Å². The van der Waals surface area contributed by atoms with Crippen LogP contribution < -0.4 is 15.4 Å². The van der Waals surface area contributed by atoms with E-state index >= 15 is 0 Å². The second-order valence-corrected chi connectivity index (χ2v) is 6.86. The summed E-state index contributed by atoms with van der Waals surface area (Å²) >= 11 is 11.6. The maximum Gasteiger partial charge on any atom is 0.171 e. The quantitative estimate of drug-likeness (QED) is 0.672. The summed E-state index contributed by atoms with van der Waals surface area (Å²) in [5, 5.41) is 7.72. The summed E-state index contributed by atoms with van der Waals surface area (Å²) < 4.78 is 5.16. The number of methoxy groups -OCH3 is 1. The van der Waals surface area contributed by atoms with Gasteiger partial charge in [-0.15, -0.1) is 0 Å². The van der Waals surface area contributed by atoms with Crippen LogP contribution in [0.25, 0.3) is 0 Å². The lowest BCUT2D eigenvalue weighted by Gasteiger charge is -2.23. The molecule has 0 aliphatic rings. The van der Waals surface area contributed by atoms with Crippen molar-refractivity contribution in [3.05, 3.63) is 59.1 Å². The first-order valence-electron chi connectivity index (χ1n) is 7.95. The molecule has 0 aliphatic carbocycles. The molecule has 0 amide bonds. The van der Waals surface area contributed by atoms with Gasteiger partial charge in [-0.1, -0.05) is 55.8 Å². The summed E-state index contributed by atoms with van der Waals surface area (Å²) in [6, 6.07) is 16.0. The van der Waals surface area contributed by atoms with Crippen molar-refractivity contribution in [1.29, 1.82) is 0 Å². The van der Waals surface area contributed by atoms with E-state index in [1.807, 2.05) is 30.3 Å². The Kier molecular flexibility index (Phi) is 6.88. The Morgan fingerprint density at radius 2 is 1.88 bits per heavy atom. The van der Waals surface area contributed by atoms with Crippen LogP contribution in [-0.4, -0.2) is 12.2 Å². The molecule has 0 aliphatic heterocycles. The third-order valence-electron chi connectivity index (χ3n) is 3.62. The molecule has 0 heterocycles. The van der Waals surface area contributed by atoms with Gasteiger partial charge >= 0.3 is 0 Å². The Morgan fingerprint density at radius 1 is 1.17 bits per heavy atom. The second kappa shape index (κ2) is 8.90. The monoisotopic (exact) mass is 362 g/mol. The topological polar surface area (TPSA) is 33.3 Å². The van der Waals surface area contributed by atoms with Crippen LogP contribution >= 0.6 is 23.8 Å². The van der Waals surface area contributed by atoms with Crippen LogP contribution in [0.4, 0.5) is 5.69 Å². The molecule has 2 aromatic carbocycles. The summed E-state index contributed by atoms with van der Waals surface area (Å²) in [6.07, 6.45) is 0.995. The number of hydrogen-bond acceptors (Lipinski definition) is 2. The van der Waals surface area contributed by atoms with Gasteiger partial charge < -0.3 is 15.4 Å². The number of ether oxygens (including phenoxy) is 1. The van der Waals surface area contributed by atoms with Crippen molar-refractivity contribution in [2.75, 3.05) is 12.4 Å². The summed E-state index contributed by atoms with van der Waals surface area (Å²) in [5.41, 5.74) is 2.05. The molecule has 0 radical (unpaired) electrons. The predicted octanol–water partition coefficient (Wildman–Crippen LogP) is 5.42. The number of rotatable bonds is 6. The summed E-state index contributed by atoms with van der Waals surface area (Å²) in [6.45, 7) is 4.41.